The lowest BCUT2D eigenvalue weighted by Crippen LogP contribution is -2.80. The highest BCUT2D eigenvalue weighted by molar-refractivity contribution is 5.99. The van der Waals surface area contributed by atoms with Gasteiger partial charge in [0.15, 0.2) is 11.6 Å². The number of carbonyl (C=O) groups excluding carboxylic acids is 5. The fraction of sp³-hybridized carbons (Fsp3) is 0.558. The van der Waals surface area contributed by atoms with Crippen molar-refractivity contribution in [2.75, 3.05) is 6.61 Å². The number of hydrogen-bond donors (Lipinski definition) is 5. The van der Waals surface area contributed by atoms with Gasteiger partial charge in [-0.3, -0.25) is 14.4 Å². The van der Waals surface area contributed by atoms with Crippen LogP contribution in [0.15, 0.2) is 72.3 Å². The molecule has 0 radical (unpaired) electrons. The fourth-order valence-electron chi connectivity index (χ4n) is 9.27. The van der Waals surface area contributed by atoms with Crippen LogP contribution in [0, 0.1) is 22.7 Å². The number of nitrogens with one attached hydrogen (secondary N) is 1. The number of benzene rings is 2. The first-order chi connectivity index (χ1) is 26.5. The third kappa shape index (κ3) is 7.42. The minimum absolute atomic E-state index is 0.0757. The number of ether oxygens (including phenoxy) is 4. The van der Waals surface area contributed by atoms with Crippen molar-refractivity contribution >= 4 is 29.6 Å². The van der Waals surface area contributed by atoms with Crippen LogP contribution in [0.25, 0.3) is 0 Å². The maximum absolute atomic E-state index is 14.5. The molecule has 1 amide bonds. The van der Waals surface area contributed by atoms with E-state index in [1.807, 2.05) is 0 Å². The Bertz CT molecular complexity index is 1920. The summed E-state index contributed by atoms with van der Waals surface area (Å²) in [6.45, 7) is 11.2. The number of amides is 1. The van der Waals surface area contributed by atoms with E-state index in [-0.39, 0.29) is 25.0 Å². The number of rotatable bonds is 9. The number of fused-ring (bicyclic) bond motifs is 5. The summed E-state index contributed by atoms with van der Waals surface area (Å²) in [5.74, 6) is -5.60. The Morgan fingerprint density at radius 1 is 0.965 bits per heavy atom. The Labute approximate surface area is 331 Å². The highest BCUT2D eigenvalue weighted by Crippen LogP contribution is 2.63. The van der Waals surface area contributed by atoms with Crippen molar-refractivity contribution in [3.8, 4) is 0 Å². The monoisotopic (exact) mass is 791 g/mol. The van der Waals surface area contributed by atoms with Gasteiger partial charge in [-0.2, -0.15) is 0 Å². The number of allylic oxidation sites excluding steroid dienone is 1. The summed E-state index contributed by atoms with van der Waals surface area (Å²) < 4.78 is 23.2. The third-order valence-electron chi connectivity index (χ3n) is 12.7. The van der Waals surface area contributed by atoms with Gasteiger partial charge in [-0.15, -0.1) is 0 Å². The summed E-state index contributed by atoms with van der Waals surface area (Å²) in [7, 11) is 0. The summed E-state index contributed by atoms with van der Waals surface area (Å²) in [5.41, 5.74) is -7.10. The van der Waals surface area contributed by atoms with Crippen molar-refractivity contribution in [2.24, 2.45) is 22.7 Å². The number of alkyl carbamates (subject to hydrolysis) is 1. The fourth-order valence-corrected chi connectivity index (χ4v) is 9.27. The molecule has 1 saturated heterocycles. The molecule has 1 heterocycles. The lowest BCUT2D eigenvalue weighted by molar-refractivity contribution is -0.342. The summed E-state index contributed by atoms with van der Waals surface area (Å²) in [6.07, 6.45) is -8.00. The van der Waals surface area contributed by atoms with Gasteiger partial charge in [-0.05, 0) is 51.5 Å². The van der Waals surface area contributed by atoms with Crippen LogP contribution in [0.3, 0.4) is 0 Å². The molecule has 2 aromatic carbocycles. The zero-order chi connectivity index (χ0) is 41.9. The normalized spacial score (nSPS) is 34.9. The molecule has 0 aromatic heterocycles. The molecule has 0 unspecified atom stereocenters. The van der Waals surface area contributed by atoms with Gasteiger partial charge in [0, 0.05) is 30.1 Å². The zero-order valence-corrected chi connectivity index (χ0v) is 33.3. The van der Waals surface area contributed by atoms with Gasteiger partial charge in [0.05, 0.1) is 35.8 Å². The third-order valence-corrected chi connectivity index (χ3v) is 12.7. The average Bonchev–Trinajstić information content (AvgIpc) is 3.14. The molecule has 2 bridgehead atoms. The van der Waals surface area contributed by atoms with E-state index >= 15 is 0 Å². The summed E-state index contributed by atoms with van der Waals surface area (Å²) >= 11 is 0. The Hall–Kier alpha value is -4.47. The number of esters is 2. The molecular weight excluding hydrogens is 738 g/mol. The zero-order valence-electron chi connectivity index (χ0n) is 33.3. The van der Waals surface area contributed by atoms with E-state index in [1.165, 1.54) is 25.1 Å². The molecule has 1 aliphatic heterocycles. The van der Waals surface area contributed by atoms with Crippen molar-refractivity contribution in [2.45, 2.75) is 121 Å². The van der Waals surface area contributed by atoms with Gasteiger partial charge >= 0.3 is 18.0 Å². The first-order valence-corrected chi connectivity index (χ1v) is 19.3. The van der Waals surface area contributed by atoms with Crippen LogP contribution in [0.4, 0.5) is 4.79 Å². The topological polar surface area (TPSA) is 215 Å². The molecule has 2 aromatic rings. The maximum atomic E-state index is 14.5. The highest BCUT2D eigenvalue weighted by Gasteiger charge is 2.75. The van der Waals surface area contributed by atoms with E-state index in [1.54, 1.807) is 90.1 Å². The Morgan fingerprint density at radius 2 is 1.58 bits per heavy atom. The molecule has 14 nitrogen and oxygen atoms in total. The Balaban J connectivity index is 1.33. The second kappa shape index (κ2) is 15.0. The molecule has 57 heavy (non-hydrogen) atoms. The lowest BCUT2D eigenvalue weighted by Gasteiger charge is -2.66. The molecular formula is C43H53NO13. The predicted molar refractivity (Wildman–Crippen MR) is 202 cm³/mol. The molecule has 2 saturated carbocycles. The summed E-state index contributed by atoms with van der Waals surface area (Å²) in [5, 5.41) is 50.8. The van der Waals surface area contributed by atoms with E-state index in [2.05, 4.69) is 5.32 Å². The van der Waals surface area contributed by atoms with Crippen LogP contribution in [0.2, 0.25) is 0 Å². The van der Waals surface area contributed by atoms with Crippen LogP contribution in [0.5, 0.6) is 0 Å². The molecule has 6 rings (SSSR count). The van der Waals surface area contributed by atoms with Gasteiger partial charge < -0.3 is 44.7 Å². The smallest absolute Gasteiger partial charge is 0.408 e. The number of aliphatic hydroxyl groups excluding tert-OH is 2. The number of aliphatic hydroxyl groups is 4. The number of carbonyl (C=O) groups is 5. The van der Waals surface area contributed by atoms with Crippen LogP contribution in [0.1, 0.15) is 89.7 Å². The van der Waals surface area contributed by atoms with E-state index in [9.17, 15) is 44.4 Å². The SMILES string of the molecule is C[C@@H]1/C2=C/C(=O)[C@@]3(C)[C@H]([C@H](OC(=O)c4ccccc4)[C@](O)(C[C@@H]1OC(=O)CC(=O)[C@H](O)[C@@H](NC(=O)OC(C)(C)C)c1ccccc1)C2(C)C)[C@]1(O)CO[C@@H]1C[C@@H]3O. The van der Waals surface area contributed by atoms with Gasteiger partial charge in [0.2, 0.25) is 0 Å². The van der Waals surface area contributed by atoms with Crippen LogP contribution < -0.4 is 5.32 Å². The van der Waals surface area contributed by atoms with Gasteiger partial charge in [0.1, 0.15) is 41.5 Å². The minimum Gasteiger partial charge on any atom is -0.461 e. The molecule has 11 atom stereocenters. The van der Waals surface area contributed by atoms with Crippen LogP contribution in [-0.2, 0) is 33.3 Å². The lowest BCUT2D eigenvalue weighted by atomic mass is 9.45. The van der Waals surface area contributed by atoms with Crippen molar-refractivity contribution in [1.29, 1.82) is 0 Å². The summed E-state index contributed by atoms with van der Waals surface area (Å²) in [6, 6.07) is 14.9. The maximum Gasteiger partial charge on any atom is 0.408 e. The van der Waals surface area contributed by atoms with Crippen LogP contribution in [-0.4, -0.2) is 104 Å². The minimum atomic E-state index is -2.15. The van der Waals surface area contributed by atoms with Crippen LogP contribution >= 0.6 is 0 Å². The van der Waals surface area contributed by atoms with E-state index in [4.69, 9.17) is 18.9 Å². The van der Waals surface area contributed by atoms with Crippen molar-refractivity contribution in [3.05, 3.63) is 83.4 Å². The quantitative estimate of drug-likeness (QED) is 0.140. The molecule has 3 fully saturated rings. The first-order valence-electron chi connectivity index (χ1n) is 19.3. The van der Waals surface area contributed by atoms with E-state index < -0.39 is 112 Å². The largest absolute Gasteiger partial charge is 0.461 e. The first kappa shape index (κ1) is 42.1. The molecule has 3 aliphatic carbocycles. The average molecular weight is 792 g/mol. The molecule has 308 valence electrons. The Kier molecular flexibility index (Phi) is 11.1. The second-order valence-electron chi connectivity index (χ2n) is 17.7. The standard InChI is InChI=1S/C43H53NO13/c1-23-26-18-29(46)41(7)30(47)20-31-42(52,22-54-31)35(41)36(56-37(50)25-16-12-9-13-17-25)43(53,40(26,5)6)21-28(23)55-32(48)19-27(45)34(49)33(24-14-10-8-11-15-24)44-38(51)57-39(2,3)4/h8-18,23,28,30-31,33-36,47,49,52-53H,19-22H2,1-7H3,(H,44,51)/b26-18-/t23-,28+,30+,31-,33+,34+,35+,36+,41-,42+,43-/m1/s1. The van der Waals surface area contributed by atoms with E-state index in [0.29, 0.717) is 11.1 Å². The number of hydrogen-bond acceptors (Lipinski definition) is 13. The number of ketones is 2. The van der Waals surface area contributed by atoms with Crippen molar-refractivity contribution in [1.82, 2.24) is 5.32 Å². The summed E-state index contributed by atoms with van der Waals surface area (Å²) in [4.78, 5) is 68.4. The second-order valence-corrected chi connectivity index (χ2v) is 17.7. The van der Waals surface area contributed by atoms with Gasteiger partial charge in [0.25, 0.3) is 0 Å². The molecule has 0 spiro atoms. The van der Waals surface area contributed by atoms with Crippen molar-refractivity contribution < 1.29 is 63.3 Å². The predicted octanol–water partition coefficient (Wildman–Crippen LogP) is 3.53. The van der Waals surface area contributed by atoms with Gasteiger partial charge in [-0.1, -0.05) is 74.9 Å². The van der Waals surface area contributed by atoms with E-state index in [0.717, 1.165) is 0 Å². The molecule has 14 heteroatoms. The van der Waals surface area contributed by atoms with Crippen molar-refractivity contribution in [3.63, 3.8) is 0 Å². The van der Waals surface area contributed by atoms with Gasteiger partial charge in [-0.25, -0.2) is 9.59 Å². The Morgan fingerprint density at radius 3 is 2.16 bits per heavy atom. The number of Topliss-reactive ketones (excluding diaryl/α,β-unsaturated/α-hetero) is 1. The molecule has 4 aliphatic rings. The molecule has 5 N–H and O–H groups in total. The highest BCUT2D eigenvalue weighted by atomic mass is 16.6.